The van der Waals surface area contributed by atoms with Gasteiger partial charge in [-0.25, -0.2) is 9.78 Å². The summed E-state index contributed by atoms with van der Waals surface area (Å²) in [5.74, 6) is 1.31. The third-order valence-electron chi connectivity index (χ3n) is 12.3. The normalized spacial score (nSPS) is 18.9. The summed E-state index contributed by atoms with van der Waals surface area (Å²) in [7, 11) is 0. The molecule has 1 atom stereocenters. The zero-order chi connectivity index (χ0) is 40.2. The number of rotatable bonds is 14. The van der Waals surface area contributed by atoms with E-state index in [0.29, 0.717) is 50.1 Å². The molecule has 5 amide bonds. The number of urea groups is 1. The first kappa shape index (κ1) is 39.3. The van der Waals surface area contributed by atoms with Gasteiger partial charge in [0, 0.05) is 74.6 Å². The van der Waals surface area contributed by atoms with Crippen LogP contribution in [0.1, 0.15) is 110 Å². The SMILES string of the molecule is CC(C)c1cnn2c(NCc3ccc(NC(=O)N4CCN(CCCCCc5cccc6c5CN(C5CCC(=O)NC5=O)C6=O)CC4)cc3)cc(NC3CCCC3)nc12. The summed E-state index contributed by atoms with van der Waals surface area (Å²) in [5, 5.41) is 17.4. The minimum Gasteiger partial charge on any atom is -0.367 e. The van der Waals surface area contributed by atoms with Gasteiger partial charge in [-0.3, -0.25) is 24.6 Å². The summed E-state index contributed by atoms with van der Waals surface area (Å²) in [4.78, 5) is 61.3. The predicted molar refractivity (Wildman–Crippen MR) is 224 cm³/mol. The number of fused-ring (bicyclic) bond motifs is 2. The van der Waals surface area contributed by atoms with Crippen LogP contribution in [-0.2, 0) is 29.1 Å². The van der Waals surface area contributed by atoms with Gasteiger partial charge in [0.05, 0.1) is 6.20 Å². The highest BCUT2D eigenvalue weighted by Crippen LogP contribution is 2.31. The molecular formula is C44H56N10O4. The van der Waals surface area contributed by atoms with Gasteiger partial charge in [0.15, 0.2) is 5.65 Å². The number of piperidine rings is 1. The van der Waals surface area contributed by atoms with E-state index in [1.54, 1.807) is 4.90 Å². The first-order valence-electron chi connectivity index (χ1n) is 21.2. The van der Waals surface area contributed by atoms with Gasteiger partial charge >= 0.3 is 6.03 Å². The minimum absolute atomic E-state index is 0.0725. The molecule has 4 aromatic rings. The fourth-order valence-corrected chi connectivity index (χ4v) is 8.85. The number of amides is 5. The third-order valence-corrected chi connectivity index (χ3v) is 12.3. The zero-order valence-electron chi connectivity index (χ0n) is 33.8. The standard InChI is InChI=1S/C44H56N10O4/c1-29(2)35-27-46-54-39(25-38(49-41(35)54)47-32-11-5-6-12-32)45-26-30-14-16-33(17-15-30)48-44(58)52-23-21-51(22-24-52)20-7-3-4-9-31-10-8-13-34-36(31)28-53(43(34)57)37-18-19-40(55)50-42(37)56/h8,10,13-17,25,27,29,32,37,45H,3-7,9,11-12,18-24,26,28H2,1-2H3,(H,47,49)(H,48,58)(H,50,55,56). The Balaban J connectivity index is 0.756. The number of nitrogens with zero attached hydrogens (tertiary/aromatic N) is 6. The Hall–Kier alpha value is -5.50. The van der Waals surface area contributed by atoms with Gasteiger partial charge in [0.2, 0.25) is 11.8 Å². The van der Waals surface area contributed by atoms with E-state index < -0.39 is 6.04 Å². The number of piperazine rings is 1. The molecule has 0 spiro atoms. The number of imide groups is 1. The summed E-state index contributed by atoms with van der Waals surface area (Å²) < 4.78 is 1.90. The van der Waals surface area contributed by atoms with Crippen LogP contribution in [0.2, 0.25) is 0 Å². The number of anilines is 3. The number of nitrogens with one attached hydrogen (secondary N) is 4. The van der Waals surface area contributed by atoms with E-state index in [1.165, 1.54) is 25.7 Å². The lowest BCUT2D eigenvalue weighted by molar-refractivity contribution is -0.136. The van der Waals surface area contributed by atoms with Crippen molar-refractivity contribution in [1.82, 2.24) is 34.6 Å². The summed E-state index contributed by atoms with van der Waals surface area (Å²) in [6.45, 7) is 9.41. The fraction of sp³-hybridized carbons (Fsp3) is 0.500. The molecule has 0 radical (unpaired) electrons. The molecule has 4 N–H and O–H groups in total. The maximum Gasteiger partial charge on any atom is 0.321 e. The first-order valence-corrected chi connectivity index (χ1v) is 21.2. The molecule has 306 valence electrons. The molecule has 4 aliphatic rings. The molecule has 14 nitrogen and oxygen atoms in total. The van der Waals surface area contributed by atoms with Crippen molar-refractivity contribution >= 4 is 46.7 Å². The van der Waals surface area contributed by atoms with Crippen molar-refractivity contribution in [2.75, 3.05) is 48.7 Å². The second-order valence-electron chi connectivity index (χ2n) is 16.6. The van der Waals surface area contributed by atoms with Crippen molar-refractivity contribution in [3.05, 3.63) is 82.5 Å². The molecule has 2 aromatic heterocycles. The highest BCUT2D eigenvalue weighted by Gasteiger charge is 2.39. The molecule has 2 aromatic carbocycles. The van der Waals surface area contributed by atoms with E-state index in [-0.39, 0.29) is 30.2 Å². The van der Waals surface area contributed by atoms with Crippen molar-refractivity contribution in [1.29, 1.82) is 0 Å². The molecule has 14 heteroatoms. The monoisotopic (exact) mass is 788 g/mol. The Morgan fingerprint density at radius 1 is 0.948 bits per heavy atom. The van der Waals surface area contributed by atoms with Crippen LogP contribution in [-0.4, -0.2) is 97.9 Å². The van der Waals surface area contributed by atoms with Crippen molar-refractivity contribution < 1.29 is 19.2 Å². The van der Waals surface area contributed by atoms with Gasteiger partial charge in [-0.1, -0.05) is 57.4 Å². The van der Waals surface area contributed by atoms with Crippen molar-refractivity contribution in [3.8, 4) is 0 Å². The topological polar surface area (TPSA) is 156 Å². The van der Waals surface area contributed by atoms with E-state index in [2.05, 4.69) is 57.2 Å². The number of benzene rings is 2. The smallest absolute Gasteiger partial charge is 0.321 e. The second kappa shape index (κ2) is 17.6. The number of carbonyl (C=O) groups excluding carboxylic acids is 4. The van der Waals surface area contributed by atoms with Crippen LogP contribution >= 0.6 is 0 Å². The Kier molecular flexibility index (Phi) is 11.9. The summed E-state index contributed by atoms with van der Waals surface area (Å²) in [6.07, 6.45) is 11.4. The largest absolute Gasteiger partial charge is 0.367 e. The lowest BCUT2D eigenvalue weighted by Gasteiger charge is -2.34. The quantitative estimate of drug-likeness (QED) is 0.0871. The second-order valence-corrected chi connectivity index (χ2v) is 16.6. The molecule has 0 bridgehead atoms. The van der Waals surface area contributed by atoms with Crippen molar-refractivity contribution in [3.63, 3.8) is 0 Å². The highest BCUT2D eigenvalue weighted by molar-refractivity contribution is 6.05. The van der Waals surface area contributed by atoms with Crippen LogP contribution in [0.3, 0.4) is 0 Å². The van der Waals surface area contributed by atoms with Gasteiger partial charge in [0.1, 0.15) is 17.7 Å². The highest BCUT2D eigenvalue weighted by atomic mass is 16.2. The Morgan fingerprint density at radius 3 is 2.50 bits per heavy atom. The maximum absolute atomic E-state index is 13.2. The number of hydrogen-bond acceptors (Lipinski definition) is 9. The Morgan fingerprint density at radius 2 is 1.74 bits per heavy atom. The van der Waals surface area contributed by atoms with Gasteiger partial charge in [-0.15, -0.1) is 0 Å². The van der Waals surface area contributed by atoms with Crippen LogP contribution in [0, 0.1) is 0 Å². The van der Waals surface area contributed by atoms with Gasteiger partial charge < -0.3 is 25.8 Å². The van der Waals surface area contributed by atoms with Gasteiger partial charge in [-0.2, -0.15) is 9.61 Å². The van der Waals surface area contributed by atoms with Gasteiger partial charge in [0.25, 0.3) is 5.91 Å². The number of unbranched alkanes of at least 4 members (excludes halogenated alkanes) is 2. The zero-order valence-corrected chi connectivity index (χ0v) is 33.8. The maximum atomic E-state index is 13.2. The van der Waals surface area contributed by atoms with Crippen LogP contribution in [0.5, 0.6) is 0 Å². The van der Waals surface area contributed by atoms with Crippen LogP contribution in [0.4, 0.5) is 22.1 Å². The van der Waals surface area contributed by atoms with Crippen molar-refractivity contribution in [2.45, 2.75) is 109 Å². The average Bonchev–Trinajstić information content (AvgIpc) is 3.98. The average molecular weight is 789 g/mol. The molecule has 1 aliphatic carbocycles. The molecule has 3 aliphatic heterocycles. The van der Waals surface area contributed by atoms with Crippen molar-refractivity contribution in [2.24, 2.45) is 0 Å². The summed E-state index contributed by atoms with van der Waals surface area (Å²) >= 11 is 0. The minimum atomic E-state index is -0.595. The summed E-state index contributed by atoms with van der Waals surface area (Å²) in [5.41, 5.74) is 6.72. The van der Waals surface area contributed by atoms with Gasteiger partial charge in [-0.05, 0) is 85.9 Å². The molecule has 1 unspecified atom stereocenters. The Labute approximate surface area is 340 Å². The molecule has 58 heavy (non-hydrogen) atoms. The van der Waals surface area contributed by atoms with Crippen LogP contribution in [0.15, 0.2) is 54.7 Å². The summed E-state index contributed by atoms with van der Waals surface area (Å²) in [6, 6.07) is 15.7. The van der Waals surface area contributed by atoms with E-state index in [0.717, 1.165) is 90.5 Å². The van der Waals surface area contributed by atoms with E-state index >= 15 is 0 Å². The molecule has 5 heterocycles. The number of aromatic nitrogens is 3. The molecule has 1 saturated carbocycles. The Bertz CT molecular complexity index is 2140. The first-order chi connectivity index (χ1) is 28.2. The van der Waals surface area contributed by atoms with E-state index in [4.69, 9.17) is 4.98 Å². The number of hydrogen-bond donors (Lipinski definition) is 4. The predicted octanol–water partition coefficient (Wildman–Crippen LogP) is 6.14. The van der Waals surface area contributed by atoms with E-state index in [1.807, 2.05) is 52.0 Å². The van der Waals surface area contributed by atoms with Crippen LogP contribution < -0.4 is 21.3 Å². The third kappa shape index (κ3) is 8.81. The fourth-order valence-electron chi connectivity index (χ4n) is 8.85. The molecule has 3 fully saturated rings. The lowest BCUT2D eigenvalue weighted by Crippen LogP contribution is -2.52. The van der Waals surface area contributed by atoms with E-state index in [9.17, 15) is 19.2 Å². The number of aryl methyl sites for hydroxylation is 1. The number of carbonyl (C=O) groups is 4. The van der Waals surface area contributed by atoms with Crippen LogP contribution in [0.25, 0.3) is 5.65 Å². The lowest BCUT2D eigenvalue weighted by atomic mass is 9.98. The molecular weight excluding hydrogens is 733 g/mol. The molecule has 8 rings (SSSR count). The molecule has 2 saturated heterocycles.